The molecule has 2 amide bonds. The summed E-state index contributed by atoms with van der Waals surface area (Å²) in [6, 6.07) is 5.63. The first-order chi connectivity index (χ1) is 11.0. The molecule has 0 aromatic heterocycles. The van der Waals surface area contributed by atoms with Crippen molar-refractivity contribution in [2.45, 2.75) is 13.3 Å². The van der Waals surface area contributed by atoms with E-state index in [1.54, 1.807) is 26.1 Å². The maximum absolute atomic E-state index is 12.7. The number of likely N-dealkylation sites (N-methyl/N-ethyl adjacent to an activating group) is 2. The Kier molecular flexibility index (Phi) is 5.47. The average Bonchev–Trinajstić information content (AvgIpc) is 2.57. The lowest BCUT2D eigenvalue weighted by Crippen LogP contribution is -2.45. The summed E-state index contributed by atoms with van der Waals surface area (Å²) in [4.78, 5) is 27.6. The number of ether oxygens (including phenoxy) is 2. The number of benzene rings is 1. The first kappa shape index (κ1) is 17.1. The predicted molar refractivity (Wildman–Crippen MR) is 86.6 cm³/mol. The molecule has 1 aliphatic rings. The van der Waals surface area contributed by atoms with Crippen molar-refractivity contribution >= 4 is 11.8 Å². The average molecular weight is 320 g/mol. The fourth-order valence-corrected chi connectivity index (χ4v) is 2.55. The van der Waals surface area contributed by atoms with Gasteiger partial charge in [-0.25, -0.2) is 0 Å². The molecule has 0 spiro atoms. The van der Waals surface area contributed by atoms with Crippen molar-refractivity contribution in [3.8, 4) is 11.5 Å². The second-order valence-electron chi connectivity index (χ2n) is 5.83. The first-order valence-electron chi connectivity index (χ1n) is 7.74. The van der Waals surface area contributed by atoms with Crippen LogP contribution in [0, 0.1) is 5.92 Å². The van der Waals surface area contributed by atoms with Crippen LogP contribution >= 0.6 is 0 Å². The minimum atomic E-state index is -0.259. The van der Waals surface area contributed by atoms with Crippen LogP contribution in [0.2, 0.25) is 0 Å². The molecule has 126 valence electrons. The number of methoxy groups -OCH3 is 1. The van der Waals surface area contributed by atoms with Crippen LogP contribution in [0.25, 0.3) is 0 Å². The number of hydrogen-bond acceptors (Lipinski definition) is 4. The van der Waals surface area contributed by atoms with Gasteiger partial charge in [-0.05, 0) is 25.0 Å². The Hall–Kier alpha value is -2.24. The normalized spacial score (nSPS) is 16.1. The largest absolute Gasteiger partial charge is 0.497 e. The molecule has 0 bridgehead atoms. The van der Waals surface area contributed by atoms with Crippen LogP contribution in [0.1, 0.15) is 12.5 Å². The standard InChI is InChI=1S/C17H24N2O4/c1-5-19(10-16(20)18(2)3)17(21)13-8-12-6-7-14(22-4)9-15(12)23-11-13/h6-7,9,13H,5,8,10-11H2,1-4H3/t13-/m1/s1. The highest BCUT2D eigenvalue weighted by Crippen LogP contribution is 2.31. The zero-order valence-corrected chi connectivity index (χ0v) is 14.2. The zero-order valence-electron chi connectivity index (χ0n) is 14.2. The Bertz CT molecular complexity index is 586. The Balaban J connectivity index is 2.06. The number of hydrogen-bond donors (Lipinski definition) is 0. The van der Waals surface area contributed by atoms with E-state index in [-0.39, 0.29) is 24.3 Å². The molecule has 0 saturated heterocycles. The van der Waals surface area contributed by atoms with E-state index in [4.69, 9.17) is 9.47 Å². The number of carbonyl (C=O) groups is 2. The number of fused-ring (bicyclic) bond motifs is 1. The van der Waals surface area contributed by atoms with Gasteiger partial charge in [-0.2, -0.15) is 0 Å². The van der Waals surface area contributed by atoms with Gasteiger partial charge in [0.15, 0.2) is 0 Å². The fraction of sp³-hybridized carbons (Fsp3) is 0.529. The second-order valence-corrected chi connectivity index (χ2v) is 5.83. The number of rotatable bonds is 5. The third-order valence-electron chi connectivity index (χ3n) is 4.05. The van der Waals surface area contributed by atoms with Gasteiger partial charge < -0.3 is 19.3 Å². The fourth-order valence-electron chi connectivity index (χ4n) is 2.55. The molecule has 2 rings (SSSR count). The third kappa shape index (κ3) is 3.94. The van der Waals surface area contributed by atoms with Gasteiger partial charge in [-0.15, -0.1) is 0 Å². The van der Waals surface area contributed by atoms with Crippen molar-refractivity contribution in [3.05, 3.63) is 23.8 Å². The van der Waals surface area contributed by atoms with E-state index >= 15 is 0 Å². The quantitative estimate of drug-likeness (QED) is 0.817. The summed E-state index contributed by atoms with van der Waals surface area (Å²) in [5.74, 6) is 1.12. The molecule has 0 radical (unpaired) electrons. The van der Waals surface area contributed by atoms with Gasteiger partial charge in [0.25, 0.3) is 0 Å². The van der Waals surface area contributed by atoms with Gasteiger partial charge in [-0.3, -0.25) is 9.59 Å². The Morgan fingerprint density at radius 3 is 2.70 bits per heavy atom. The number of nitrogens with zero attached hydrogens (tertiary/aromatic N) is 2. The van der Waals surface area contributed by atoms with Crippen molar-refractivity contribution in [1.82, 2.24) is 9.80 Å². The SMILES string of the molecule is CCN(CC(=O)N(C)C)C(=O)[C@H]1COc2cc(OC)ccc2C1. The van der Waals surface area contributed by atoms with E-state index in [2.05, 4.69) is 0 Å². The van der Waals surface area contributed by atoms with Crippen molar-refractivity contribution in [2.75, 3.05) is 40.9 Å². The monoisotopic (exact) mass is 320 g/mol. The molecule has 1 aromatic carbocycles. The molecule has 1 heterocycles. The van der Waals surface area contributed by atoms with E-state index in [9.17, 15) is 9.59 Å². The Morgan fingerprint density at radius 1 is 1.35 bits per heavy atom. The summed E-state index contributed by atoms with van der Waals surface area (Å²) in [7, 11) is 4.99. The minimum absolute atomic E-state index is 0.0378. The van der Waals surface area contributed by atoms with Gasteiger partial charge in [-0.1, -0.05) is 6.07 Å². The van der Waals surface area contributed by atoms with Gasteiger partial charge in [0, 0.05) is 26.7 Å². The van der Waals surface area contributed by atoms with Crippen LogP contribution in [-0.2, 0) is 16.0 Å². The molecule has 0 N–H and O–H groups in total. The molecule has 1 aromatic rings. The lowest BCUT2D eigenvalue weighted by Gasteiger charge is -2.30. The lowest BCUT2D eigenvalue weighted by molar-refractivity contribution is -0.142. The molecular weight excluding hydrogens is 296 g/mol. The van der Waals surface area contributed by atoms with Gasteiger partial charge >= 0.3 is 0 Å². The third-order valence-corrected chi connectivity index (χ3v) is 4.05. The van der Waals surface area contributed by atoms with Crippen LogP contribution < -0.4 is 9.47 Å². The molecule has 0 unspecified atom stereocenters. The molecule has 23 heavy (non-hydrogen) atoms. The molecule has 0 aliphatic carbocycles. The highest BCUT2D eigenvalue weighted by molar-refractivity contribution is 5.86. The lowest BCUT2D eigenvalue weighted by atomic mass is 9.95. The maximum atomic E-state index is 12.7. The smallest absolute Gasteiger partial charge is 0.241 e. The molecule has 6 heteroatoms. The topological polar surface area (TPSA) is 59.1 Å². The van der Waals surface area contributed by atoms with Crippen molar-refractivity contribution in [3.63, 3.8) is 0 Å². The molecule has 1 atom stereocenters. The van der Waals surface area contributed by atoms with E-state index in [0.29, 0.717) is 19.6 Å². The van der Waals surface area contributed by atoms with E-state index in [0.717, 1.165) is 17.1 Å². The highest BCUT2D eigenvalue weighted by Gasteiger charge is 2.30. The summed E-state index contributed by atoms with van der Waals surface area (Å²) in [5.41, 5.74) is 0.991. The first-order valence-corrected chi connectivity index (χ1v) is 7.74. The Labute approximate surface area is 137 Å². The molecule has 0 fully saturated rings. The summed E-state index contributed by atoms with van der Waals surface area (Å²) in [5, 5.41) is 0. The Morgan fingerprint density at radius 2 is 2.09 bits per heavy atom. The highest BCUT2D eigenvalue weighted by atomic mass is 16.5. The molecule has 6 nitrogen and oxygen atoms in total. The van der Waals surface area contributed by atoms with Gasteiger partial charge in [0.1, 0.15) is 18.1 Å². The summed E-state index contributed by atoms with van der Waals surface area (Å²) in [6.45, 7) is 2.81. The summed E-state index contributed by atoms with van der Waals surface area (Å²) >= 11 is 0. The second kappa shape index (κ2) is 7.35. The number of amides is 2. The van der Waals surface area contributed by atoms with Crippen LogP contribution in [0.4, 0.5) is 0 Å². The minimum Gasteiger partial charge on any atom is -0.497 e. The van der Waals surface area contributed by atoms with Crippen LogP contribution in [-0.4, -0.2) is 62.5 Å². The van der Waals surface area contributed by atoms with Crippen molar-refractivity contribution in [2.24, 2.45) is 5.92 Å². The van der Waals surface area contributed by atoms with Gasteiger partial charge in [0.2, 0.25) is 11.8 Å². The van der Waals surface area contributed by atoms with Crippen LogP contribution in [0.15, 0.2) is 18.2 Å². The van der Waals surface area contributed by atoms with Crippen LogP contribution in [0.3, 0.4) is 0 Å². The predicted octanol–water partition coefficient (Wildman–Crippen LogP) is 1.18. The molecule has 0 saturated carbocycles. The summed E-state index contributed by atoms with van der Waals surface area (Å²) < 4.78 is 10.9. The summed E-state index contributed by atoms with van der Waals surface area (Å²) in [6.07, 6.45) is 0.616. The van der Waals surface area contributed by atoms with E-state index in [1.807, 2.05) is 25.1 Å². The van der Waals surface area contributed by atoms with Crippen molar-refractivity contribution < 1.29 is 19.1 Å². The number of carbonyl (C=O) groups excluding carboxylic acids is 2. The maximum Gasteiger partial charge on any atom is 0.241 e. The van der Waals surface area contributed by atoms with Gasteiger partial charge in [0.05, 0.1) is 19.6 Å². The van der Waals surface area contributed by atoms with Crippen LogP contribution in [0.5, 0.6) is 11.5 Å². The molecular formula is C17H24N2O4. The molecule has 1 aliphatic heterocycles. The van der Waals surface area contributed by atoms with Crippen molar-refractivity contribution in [1.29, 1.82) is 0 Å². The zero-order chi connectivity index (χ0) is 17.0. The van der Waals surface area contributed by atoms with E-state index in [1.165, 1.54) is 4.90 Å². The van der Waals surface area contributed by atoms with E-state index < -0.39 is 0 Å².